The van der Waals surface area contributed by atoms with E-state index in [0.717, 1.165) is 11.3 Å². The third-order valence-electron chi connectivity index (χ3n) is 5.66. The number of ether oxygens (including phenoxy) is 2. The van der Waals surface area contributed by atoms with Crippen LogP contribution < -0.4 is 21.1 Å². The van der Waals surface area contributed by atoms with Crippen LogP contribution in [0.2, 0.25) is 0 Å². The topological polar surface area (TPSA) is 111 Å². The van der Waals surface area contributed by atoms with Crippen molar-refractivity contribution in [1.29, 1.82) is 5.41 Å². The molecule has 9 nitrogen and oxygen atoms in total. The van der Waals surface area contributed by atoms with Crippen molar-refractivity contribution in [2.24, 2.45) is 0 Å². The summed E-state index contributed by atoms with van der Waals surface area (Å²) >= 11 is 0. The summed E-state index contributed by atoms with van der Waals surface area (Å²) in [6, 6.07) is 14.4. The van der Waals surface area contributed by atoms with Crippen LogP contribution in [-0.4, -0.2) is 47.2 Å². The molecule has 3 aromatic heterocycles. The standard InChI is InChI=1S/C25H27N5O4/c1-33-15-5-12-27-24(31)19-16-20-23(28-21-6-3-4-13-29(21)25(20)32)30(22(19)26)14-11-17-7-9-18(34-2)10-8-17/h3-4,6-10,13,16,26H,5,11-12,14-15H2,1-2H3,(H,27,31). The molecule has 176 valence electrons. The number of carbonyl (C=O) groups excluding carboxylic acids is 1. The van der Waals surface area contributed by atoms with Gasteiger partial charge in [-0.25, -0.2) is 4.98 Å². The second-order valence-corrected chi connectivity index (χ2v) is 7.84. The van der Waals surface area contributed by atoms with E-state index in [2.05, 4.69) is 10.3 Å². The maximum atomic E-state index is 13.3. The van der Waals surface area contributed by atoms with Crippen LogP contribution in [0, 0.1) is 5.41 Å². The molecule has 34 heavy (non-hydrogen) atoms. The van der Waals surface area contributed by atoms with Gasteiger partial charge in [-0.2, -0.15) is 0 Å². The fourth-order valence-corrected chi connectivity index (χ4v) is 3.82. The van der Waals surface area contributed by atoms with Crippen LogP contribution in [0.3, 0.4) is 0 Å². The molecule has 1 aromatic carbocycles. The summed E-state index contributed by atoms with van der Waals surface area (Å²) < 4.78 is 13.3. The largest absolute Gasteiger partial charge is 0.497 e. The maximum absolute atomic E-state index is 13.3. The number of carbonyl (C=O) groups is 1. The molecule has 4 aromatic rings. The number of nitrogens with zero attached hydrogens (tertiary/aromatic N) is 3. The molecule has 1 amide bonds. The minimum Gasteiger partial charge on any atom is -0.497 e. The number of nitrogens with one attached hydrogen (secondary N) is 2. The Bertz CT molecular complexity index is 1440. The fourth-order valence-electron chi connectivity index (χ4n) is 3.82. The summed E-state index contributed by atoms with van der Waals surface area (Å²) in [5.41, 5.74) is 1.76. The Hall–Kier alpha value is -3.98. The van der Waals surface area contributed by atoms with Gasteiger partial charge in [0.2, 0.25) is 0 Å². The molecule has 4 rings (SSSR count). The Morgan fingerprint density at radius 1 is 1.15 bits per heavy atom. The minimum absolute atomic E-state index is 0.0115. The number of methoxy groups -OCH3 is 2. The van der Waals surface area contributed by atoms with Crippen LogP contribution in [0.25, 0.3) is 16.7 Å². The van der Waals surface area contributed by atoms with Crippen molar-refractivity contribution >= 4 is 22.6 Å². The van der Waals surface area contributed by atoms with E-state index in [1.807, 2.05) is 24.3 Å². The van der Waals surface area contributed by atoms with E-state index in [1.165, 1.54) is 10.5 Å². The lowest BCUT2D eigenvalue weighted by molar-refractivity contribution is 0.0946. The highest BCUT2D eigenvalue weighted by molar-refractivity contribution is 5.96. The molecule has 0 atom stereocenters. The molecule has 0 radical (unpaired) electrons. The smallest absolute Gasteiger partial charge is 0.267 e. The highest BCUT2D eigenvalue weighted by Gasteiger charge is 2.17. The molecule has 3 heterocycles. The molecular weight excluding hydrogens is 434 g/mol. The maximum Gasteiger partial charge on any atom is 0.267 e. The van der Waals surface area contributed by atoms with E-state index in [1.54, 1.807) is 43.2 Å². The first-order valence-electron chi connectivity index (χ1n) is 11.0. The summed E-state index contributed by atoms with van der Waals surface area (Å²) in [4.78, 5) is 30.8. The summed E-state index contributed by atoms with van der Waals surface area (Å²) in [5.74, 6) is 0.357. The molecule has 0 aliphatic carbocycles. The van der Waals surface area contributed by atoms with Gasteiger partial charge in [-0.1, -0.05) is 18.2 Å². The van der Waals surface area contributed by atoms with Crippen molar-refractivity contribution in [1.82, 2.24) is 19.3 Å². The third-order valence-corrected chi connectivity index (χ3v) is 5.66. The predicted octanol–water partition coefficient (Wildman–Crippen LogP) is 2.15. The number of hydrogen-bond donors (Lipinski definition) is 2. The molecule has 0 saturated heterocycles. The van der Waals surface area contributed by atoms with Gasteiger partial charge >= 0.3 is 0 Å². The summed E-state index contributed by atoms with van der Waals surface area (Å²) in [6.07, 6.45) is 2.88. The predicted molar refractivity (Wildman–Crippen MR) is 128 cm³/mol. The van der Waals surface area contributed by atoms with Gasteiger partial charge in [0, 0.05) is 33.0 Å². The zero-order valence-corrected chi connectivity index (χ0v) is 19.2. The van der Waals surface area contributed by atoms with E-state index in [9.17, 15) is 9.59 Å². The first kappa shape index (κ1) is 23.2. The van der Waals surface area contributed by atoms with Crippen molar-refractivity contribution in [2.75, 3.05) is 27.4 Å². The van der Waals surface area contributed by atoms with Crippen molar-refractivity contribution in [3.8, 4) is 5.75 Å². The molecule has 0 unspecified atom stereocenters. The second kappa shape index (κ2) is 10.3. The van der Waals surface area contributed by atoms with Crippen LogP contribution in [0.5, 0.6) is 5.75 Å². The van der Waals surface area contributed by atoms with Crippen LogP contribution in [-0.2, 0) is 17.7 Å². The summed E-state index contributed by atoms with van der Waals surface area (Å²) in [7, 11) is 3.22. The SMILES string of the molecule is COCCCNC(=O)c1cc2c(=O)n3ccccc3nc2n(CCc2ccc(OC)cc2)c1=N. The molecule has 0 aliphatic rings. The van der Waals surface area contributed by atoms with Crippen LogP contribution in [0.15, 0.2) is 59.5 Å². The zero-order valence-electron chi connectivity index (χ0n) is 19.2. The van der Waals surface area contributed by atoms with Crippen LogP contribution >= 0.6 is 0 Å². The number of fused-ring (bicyclic) bond motifs is 2. The Kier molecular flexibility index (Phi) is 7.03. The van der Waals surface area contributed by atoms with Gasteiger partial charge in [0.05, 0.1) is 18.1 Å². The molecular formula is C25H27N5O4. The summed E-state index contributed by atoms with van der Waals surface area (Å²) in [5, 5.41) is 11.9. The van der Waals surface area contributed by atoms with E-state index in [-0.39, 0.29) is 22.0 Å². The Balaban J connectivity index is 1.79. The van der Waals surface area contributed by atoms with Gasteiger partial charge in [0.25, 0.3) is 11.5 Å². The molecule has 0 aliphatic heterocycles. The van der Waals surface area contributed by atoms with E-state index < -0.39 is 5.91 Å². The Morgan fingerprint density at radius 2 is 1.94 bits per heavy atom. The highest BCUT2D eigenvalue weighted by atomic mass is 16.5. The van der Waals surface area contributed by atoms with E-state index >= 15 is 0 Å². The Labute approximate surface area is 196 Å². The van der Waals surface area contributed by atoms with Crippen molar-refractivity contribution < 1.29 is 14.3 Å². The van der Waals surface area contributed by atoms with Gasteiger partial charge in [0.1, 0.15) is 22.5 Å². The van der Waals surface area contributed by atoms with Crippen molar-refractivity contribution in [2.45, 2.75) is 19.4 Å². The first-order valence-corrected chi connectivity index (χ1v) is 11.0. The number of rotatable bonds is 9. The molecule has 0 bridgehead atoms. The number of aryl methyl sites for hydroxylation is 2. The van der Waals surface area contributed by atoms with E-state index in [0.29, 0.717) is 43.8 Å². The lowest BCUT2D eigenvalue weighted by Crippen LogP contribution is -2.35. The molecule has 0 fully saturated rings. The second-order valence-electron chi connectivity index (χ2n) is 7.84. The van der Waals surface area contributed by atoms with Gasteiger partial charge in [-0.3, -0.25) is 19.4 Å². The number of hydrogen-bond acceptors (Lipinski definition) is 6. The lowest BCUT2D eigenvalue weighted by atomic mass is 10.1. The third kappa shape index (κ3) is 4.69. The van der Waals surface area contributed by atoms with Gasteiger partial charge in [-0.05, 0) is 48.7 Å². The number of amides is 1. The average Bonchev–Trinajstić information content (AvgIpc) is 2.86. The zero-order chi connectivity index (χ0) is 24.1. The lowest BCUT2D eigenvalue weighted by Gasteiger charge is -2.15. The highest BCUT2D eigenvalue weighted by Crippen LogP contribution is 2.14. The number of pyridine rings is 2. The minimum atomic E-state index is -0.404. The van der Waals surface area contributed by atoms with Crippen molar-refractivity contribution in [3.05, 3.63) is 81.7 Å². The fraction of sp³-hybridized carbons (Fsp3) is 0.280. The monoisotopic (exact) mass is 461 g/mol. The van der Waals surface area contributed by atoms with Crippen molar-refractivity contribution in [3.63, 3.8) is 0 Å². The van der Waals surface area contributed by atoms with Gasteiger partial charge in [0.15, 0.2) is 0 Å². The Morgan fingerprint density at radius 3 is 2.68 bits per heavy atom. The van der Waals surface area contributed by atoms with Crippen LogP contribution in [0.1, 0.15) is 22.3 Å². The normalized spacial score (nSPS) is 11.1. The quantitative estimate of drug-likeness (QED) is 0.293. The molecule has 9 heteroatoms. The number of aromatic nitrogens is 3. The molecule has 0 saturated carbocycles. The van der Waals surface area contributed by atoms with Crippen LogP contribution in [0.4, 0.5) is 0 Å². The number of benzene rings is 1. The average molecular weight is 462 g/mol. The first-order chi connectivity index (χ1) is 16.5. The molecule has 0 spiro atoms. The van der Waals surface area contributed by atoms with Gasteiger partial charge < -0.3 is 19.4 Å². The van der Waals surface area contributed by atoms with Gasteiger partial charge in [-0.15, -0.1) is 0 Å². The summed E-state index contributed by atoms with van der Waals surface area (Å²) in [6.45, 7) is 1.30. The molecule has 2 N–H and O–H groups in total. The van der Waals surface area contributed by atoms with E-state index in [4.69, 9.17) is 14.9 Å².